The van der Waals surface area contributed by atoms with Crippen molar-refractivity contribution in [1.82, 2.24) is 20.6 Å². The van der Waals surface area contributed by atoms with E-state index in [1.807, 2.05) is 4.72 Å². The molecule has 0 radical (unpaired) electrons. The summed E-state index contributed by atoms with van der Waals surface area (Å²) in [5, 5.41) is 29.4. The van der Waals surface area contributed by atoms with Crippen LogP contribution in [0.15, 0.2) is 132 Å². The highest BCUT2D eigenvalue weighted by Crippen LogP contribution is 2.36. The molecule has 0 aliphatic carbocycles. The zero-order valence-corrected chi connectivity index (χ0v) is 71.7. The van der Waals surface area contributed by atoms with E-state index in [9.17, 15) is 72.0 Å². The maximum absolute atomic E-state index is 13.3. The molecule has 12 aromatic rings. The standard InChI is InChI=1S/4C20H21N3O5S2/c4*1-10-8-11(2)17(15(9-10)14(5)24)21-19(25)18-16(6-7-29-18)30(26,27)23-20-12(3)13(4)22-28-20/h4*6-9,23H,1-5H3,(H,21,25)/i1D3,2D3,3D3,9D;1D3,2D3,9D;3D3,9D;9D. The maximum Gasteiger partial charge on any atom is 0.267 e. The molecule has 40 heteroatoms. The SMILES string of the molecule is [2H]c1c(C([2H])([2H])[2H])cc(C([2H])([2H])[2H])c(NC(=O)c2sccc2S(=O)(=O)Nc2onc(C)c2C([2H])([2H])[2H])c1C(C)=O.[2H]c1c(C([2H])([2H])[2H])cc(C([2H])([2H])[2H])c(NC(=O)c2sccc2S(=O)(=O)Nc2onc(C)c2C)c1C(C)=O.[2H]c1c(C)cc(C)c(NC(=O)c2sccc2S(=O)(=O)Nc2onc(C)c2C([2H])([2H])[2H])c1C(C)=O.[2H]c1c(C)cc(C)c(NC(=O)c2sccc2S(=O)(=O)Nc2onc(C)c2C)c1C(C)=O. The molecule has 4 amide bonds. The predicted molar refractivity (Wildman–Crippen MR) is 460 cm³/mol. The maximum atomic E-state index is 13.3. The van der Waals surface area contributed by atoms with Gasteiger partial charge in [0.15, 0.2) is 23.1 Å². The number of benzene rings is 4. The van der Waals surface area contributed by atoms with E-state index in [1.165, 1.54) is 61.3 Å². The molecule has 12 rings (SSSR count). The molecule has 8 heterocycles. The highest BCUT2D eigenvalue weighted by atomic mass is 32.2. The first-order valence-electron chi connectivity index (χ1n) is 45.1. The number of anilines is 8. The molecule has 0 atom stereocenters. The second kappa shape index (κ2) is 37.2. The van der Waals surface area contributed by atoms with Crippen LogP contribution in [-0.4, -0.2) is 101 Å². The molecule has 120 heavy (non-hydrogen) atoms. The highest BCUT2D eigenvalue weighted by Gasteiger charge is 2.33. The largest absolute Gasteiger partial charge is 0.337 e. The quantitative estimate of drug-likeness (QED) is 0.0260. The van der Waals surface area contributed by atoms with E-state index in [0.717, 1.165) is 66.1 Å². The molecule has 8 N–H and O–H groups in total. The van der Waals surface area contributed by atoms with Crippen molar-refractivity contribution in [3.63, 3.8) is 0 Å². The summed E-state index contributed by atoms with van der Waals surface area (Å²) in [5.74, 6) is -7.83. The Balaban J connectivity index is 0.000000212. The molecule has 0 unspecified atom stereocenters. The molecule has 0 fully saturated rings. The van der Waals surface area contributed by atoms with Crippen LogP contribution >= 0.6 is 45.3 Å². The summed E-state index contributed by atoms with van der Waals surface area (Å²) in [6.45, 7) is 3.03. The number of thiophene rings is 4. The topological polar surface area (TPSA) is 473 Å². The van der Waals surface area contributed by atoms with Crippen molar-refractivity contribution in [2.45, 2.75) is 158 Å². The van der Waals surface area contributed by atoms with Crippen molar-refractivity contribution in [3.05, 3.63) is 226 Å². The molecule has 0 aliphatic rings. The van der Waals surface area contributed by atoms with Crippen LogP contribution in [0.2, 0.25) is 0 Å². The summed E-state index contributed by atoms with van der Waals surface area (Å²) in [4.78, 5) is 98.8. The van der Waals surface area contributed by atoms with E-state index >= 15 is 0 Å². The predicted octanol–water partition coefficient (Wildman–Crippen LogP) is 16.9. The number of Topliss-reactive ketones (excluding diaryl/α,β-unsaturated/α-hetero) is 4. The van der Waals surface area contributed by atoms with Crippen LogP contribution in [0.5, 0.6) is 0 Å². The molecule has 0 spiro atoms. The van der Waals surface area contributed by atoms with Crippen molar-refractivity contribution in [2.24, 2.45) is 0 Å². The lowest BCUT2D eigenvalue weighted by Gasteiger charge is -2.14. The number of aromatic nitrogens is 4. The molecule has 0 aliphatic heterocycles. The number of nitrogens with one attached hydrogen (secondary N) is 8. The van der Waals surface area contributed by atoms with Crippen molar-refractivity contribution in [2.75, 3.05) is 40.2 Å². The summed E-state index contributed by atoms with van der Waals surface area (Å²) < 4.78 is 304. The first kappa shape index (κ1) is 65.0. The molecular formula is C80H84N12O20S8. The summed E-state index contributed by atoms with van der Waals surface area (Å²) in [7, 11) is -17.6. The van der Waals surface area contributed by atoms with Crippen molar-refractivity contribution in [3.8, 4) is 0 Å². The number of aryl methyl sites for hydroxylation is 12. The molecule has 0 saturated heterocycles. The van der Waals surface area contributed by atoms with E-state index in [2.05, 4.69) is 56.1 Å². The van der Waals surface area contributed by atoms with Gasteiger partial charge in [-0.1, -0.05) is 44.9 Å². The smallest absolute Gasteiger partial charge is 0.267 e. The Morgan fingerprint density at radius 3 is 0.767 bits per heavy atom. The van der Waals surface area contributed by atoms with Crippen LogP contribution in [0.1, 0.15) is 228 Å². The van der Waals surface area contributed by atoms with E-state index in [-0.39, 0.29) is 88.6 Å². The number of hydrogen-bond donors (Lipinski definition) is 8. The molecule has 0 saturated carbocycles. The Morgan fingerprint density at radius 2 is 0.550 bits per heavy atom. The summed E-state index contributed by atoms with van der Waals surface area (Å²) in [6.07, 6.45) is 0. The lowest BCUT2D eigenvalue weighted by atomic mass is 10.0. The summed E-state index contributed by atoms with van der Waals surface area (Å²) >= 11 is 3.12. The molecule has 0 bridgehead atoms. The van der Waals surface area contributed by atoms with E-state index in [0.29, 0.717) is 62.2 Å². The second-order valence-electron chi connectivity index (χ2n) is 25.8. The number of hydrogen-bond acceptors (Lipinski definition) is 28. The molecule has 32 nitrogen and oxygen atoms in total. The lowest BCUT2D eigenvalue weighted by Crippen LogP contribution is -2.20. The second-order valence-corrected chi connectivity index (χ2v) is 36.0. The van der Waals surface area contributed by atoms with Gasteiger partial charge in [0.2, 0.25) is 23.5 Å². The molecule has 632 valence electrons. The zero-order chi connectivity index (χ0) is 107. The third-order valence-electron chi connectivity index (χ3n) is 16.7. The molecule has 4 aromatic carbocycles. The van der Waals surface area contributed by atoms with Gasteiger partial charge in [-0.05, 0) is 253 Å². The van der Waals surface area contributed by atoms with Gasteiger partial charge in [-0.3, -0.25) is 38.4 Å². The number of ketones is 4. The van der Waals surface area contributed by atoms with E-state index in [4.69, 9.17) is 48.2 Å². The number of nitrogens with zero attached hydrogens (tertiary/aromatic N) is 4. The zero-order valence-electron chi connectivity index (χ0n) is 87.1. The Bertz CT molecular complexity index is 7590. The van der Waals surface area contributed by atoms with Crippen LogP contribution in [0, 0.1) is 110 Å². The van der Waals surface area contributed by atoms with Gasteiger partial charge < -0.3 is 39.4 Å². The monoisotopic (exact) mass is 1810 g/mol. The normalized spacial score (nSPS) is 14.7. The Labute approximate surface area is 738 Å². The third-order valence-corrected chi connectivity index (χ3v) is 26.4. The van der Waals surface area contributed by atoms with Gasteiger partial charge in [0.25, 0.3) is 63.7 Å². The average molecular weight is 1810 g/mol. The van der Waals surface area contributed by atoms with Gasteiger partial charge in [0.1, 0.15) is 39.1 Å². The lowest BCUT2D eigenvalue weighted by molar-refractivity contribution is 0.100. The number of sulfonamides is 4. The average Bonchev–Trinajstić information content (AvgIpc) is 0.817. The first-order chi connectivity index (χ1) is 65.0. The molecule has 8 aromatic heterocycles. The van der Waals surface area contributed by atoms with Gasteiger partial charge in [-0.25, -0.2) is 52.6 Å². The van der Waals surface area contributed by atoms with Gasteiger partial charge in [0.05, 0.1) is 51.0 Å². The fourth-order valence-corrected chi connectivity index (χ4v) is 20.0. The summed E-state index contributed by atoms with van der Waals surface area (Å²) in [5.41, 5.74) is -1.74. The molecular weight excluding hydrogens is 1710 g/mol. The summed E-state index contributed by atoms with van der Waals surface area (Å²) in [6, 6.07) is 7.78. The van der Waals surface area contributed by atoms with Gasteiger partial charge in [-0.15, -0.1) is 45.3 Å². The first-order valence-corrected chi connectivity index (χ1v) is 43.5. The third kappa shape index (κ3) is 21.0. The van der Waals surface area contributed by atoms with Crippen molar-refractivity contribution < 1.29 is 120 Å². The van der Waals surface area contributed by atoms with Gasteiger partial charge >= 0.3 is 0 Å². The van der Waals surface area contributed by atoms with Gasteiger partial charge in [0, 0.05) is 69.2 Å². The van der Waals surface area contributed by atoms with Crippen LogP contribution in [0.4, 0.5) is 46.3 Å². The van der Waals surface area contributed by atoms with Crippen molar-refractivity contribution >= 4 is 178 Å². The number of carbonyl (C=O) groups is 8. The number of rotatable bonds is 24. The minimum absolute atomic E-state index is 0.00112. The fourth-order valence-electron chi connectivity index (χ4n) is 10.6. The van der Waals surface area contributed by atoms with Crippen LogP contribution in [0.3, 0.4) is 0 Å². The van der Waals surface area contributed by atoms with E-state index in [1.54, 1.807) is 67.5 Å². The Hall–Kier alpha value is -11.9. The number of carbonyl (C=O) groups excluding carboxylic acids is 8. The minimum atomic E-state index is -4.68. The van der Waals surface area contributed by atoms with Gasteiger partial charge in [-0.2, -0.15) is 0 Å². The Morgan fingerprint density at radius 1 is 0.325 bits per heavy atom. The number of amides is 4. The highest BCUT2D eigenvalue weighted by molar-refractivity contribution is 7.94. The van der Waals surface area contributed by atoms with Crippen LogP contribution in [-0.2, 0) is 40.1 Å². The van der Waals surface area contributed by atoms with E-state index < -0.39 is 216 Å². The van der Waals surface area contributed by atoms with Crippen LogP contribution in [0.25, 0.3) is 0 Å². The van der Waals surface area contributed by atoms with Crippen LogP contribution < -0.4 is 40.2 Å². The van der Waals surface area contributed by atoms with Crippen molar-refractivity contribution in [1.29, 1.82) is 0 Å². The minimum Gasteiger partial charge on any atom is -0.337 e. The fraction of sp³-hybridized carbons (Fsp3) is 0.250. The Kier molecular flexibility index (Phi) is 20.1.